The summed E-state index contributed by atoms with van der Waals surface area (Å²) in [5.74, 6) is -0.289. The van der Waals surface area contributed by atoms with Gasteiger partial charge in [-0.3, -0.25) is 0 Å². The van der Waals surface area contributed by atoms with Crippen LogP contribution in [0.4, 0.5) is 4.39 Å². The molecule has 0 rings (SSSR count). The van der Waals surface area contributed by atoms with Crippen LogP contribution in [0.25, 0.3) is 0 Å². The number of hydrogen-bond acceptors (Lipinski definition) is 1. The van der Waals surface area contributed by atoms with Crippen molar-refractivity contribution in [3.63, 3.8) is 0 Å². The number of allylic oxidation sites excluding steroid dienone is 10. The fourth-order valence-electron chi connectivity index (χ4n) is 2.33. The molecule has 0 saturated carbocycles. The topological polar surface area (TPSA) is 26.0 Å². The van der Waals surface area contributed by atoms with Crippen LogP contribution in [0.5, 0.6) is 0 Å². The molecule has 0 aliphatic carbocycles. The van der Waals surface area contributed by atoms with Crippen molar-refractivity contribution in [2.75, 3.05) is 0 Å². The lowest BCUT2D eigenvalue weighted by molar-refractivity contribution is 0.653. The van der Waals surface area contributed by atoms with Crippen molar-refractivity contribution in [2.24, 2.45) is 5.73 Å². The van der Waals surface area contributed by atoms with Gasteiger partial charge in [0, 0.05) is 5.70 Å². The van der Waals surface area contributed by atoms with Gasteiger partial charge in [-0.25, -0.2) is 4.39 Å². The zero-order valence-electron chi connectivity index (χ0n) is 15.5. The van der Waals surface area contributed by atoms with Gasteiger partial charge in [0.05, 0.1) is 0 Å². The van der Waals surface area contributed by atoms with E-state index in [1.165, 1.54) is 17.2 Å². The molecule has 0 aliphatic heterocycles. The molecule has 132 valence electrons. The third-order valence-electron chi connectivity index (χ3n) is 3.72. The maximum atomic E-state index is 14.0. The summed E-state index contributed by atoms with van der Waals surface area (Å²) >= 11 is 0. The molecule has 2 N–H and O–H groups in total. The summed E-state index contributed by atoms with van der Waals surface area (Å²) in [4.78, 5) is 0. The van der Waals surface area contributed by atoms with Crippen molar-refractivity contribution < 1.29 is 4.39 Å². The smallest absolute Gasteiger partial charge is 0.126 e. The first kappa shape index (κ1) is 21.9. The van der Waals surface area contributed by atoms with Gasteiger partial charge in [0.15, 0.2) is 0 Å². The number of nitrogens with two attached hydrogens (primary N) is 1. The Labute approximate surface area is 147 Å². The van der Waals surface area contributed by atoms with Gasteiger partial charge in [0.1, 0.15) is 5.83 Å². The van der Waals surface area contributed by atoms with E-state index in [1.54, 1.807) is 0 Å². The SMILES string of the molecule is C=C/C(F)=C(\C=C/CC(=C/C)/C(=C\C(=C)N)CCC)CC(=C)CC. The molecule has 0 fully saturated rings. The molecule has 0 saturated heterocycles. The van der Waals surface area contributed by atoms with Crippen LogP contribution in [0.3, 0.4) is 0 Å². The monoisotopic (exact) mass is 329 g/mol. The molecule has 0 bridgehead atoms. The van der Waals surface area contributed by atoms with Crippen LogP contribution in [0.1, 0.15) is 52.9 Å². The Hall–Kier alpha value is -2.09. The molecule has 0 aromatic rings. The molecule has 0 aromatic carbocycles. The van der Waals surface area contributed by atoms with Gasteiger partial charge in [0.2, 0.25) is 0 Å². The van der Waals surface area contributed by atoms with Crippen molar-refractivity contribution in [3.05, 3.63) is 83.9 Å². The van der Waals surface area contributed by atoms with Crippen molar-refractivity contribution in [1.82, 2.24) is 0 Å². The molecule has 1 nitrogen and oxygen atoms in total. The normalized spacial score (nSPS) is 13.8. The first-order valence-corrected chi connectivity index (χ1v) is 8.54. The minimum atomic E-state index is -0.289. The summed E-state index contributed by atoms with van der Waals surface area (Å²) in [5.41, 5.74) is 10.3. The quantitative estimate of drug-likeness (QED) is 0.326. The molecule has 0 heterocycles. The van der Waals surface area contributed by atoms with Crippen molar-refractivity contribution in [3.8, 4) is 0 Å². The molecular formula is C22H32FN. The van der Waals surface area contributed by atoms with Crippen LogP contribution in [0.2, 0.25) is 0 Å². The predicted octanol–water partition coefficient (Wildman–Crippen LogP) is 6.84. The highest BCUT2D eigenvalue weighted by atomic mass is 19.1. The minimum absolute atomic E-state index is 0.289. The fraction of sp³-hybridized carbons (Fsp3) is 0.364. The van der Waals surface area contributed by atoms with Gasteiger partial charge in [-0.15, -0.1) is 0 Å². The maximum absolute atomic E-state index is 14.0. The summed E-state index contributed by atoms with van der Waals surface area (Å²) in [6.07, 6.45) is 13.1. The first-order chi connectivity index (χ1) is 11.4. The number of hydrogen-bond donors (Lipinski definition) is 1. The second-order valence-corrected chi connectivity index (χ2v) is 5.77. The lowest BCUT2D eigenvalue weighted by atomic mass is 9.96. The Bertz CT molecular complexity index is 571. The zero-order chi connectivity index (χ0) is 18.5. The second kappa shape index (κ2) is 12.3. The van der Waals surface area contributed by atoms with E-state index in [4.69, 9.17) is 5.73 Å². The third kappa shape index (κ3) is 8.52. The van der Waals surface area contributed by atoms with Crippen LogP contribution in [-0.2, 0) is 0 Å². The molecule has 0 aromatic heterocycles. The van der Waals surface area contributed by atoms with E-state index in [0.717, 1.165) is 31.3 Å². The zero-order valence-corrected chi connectivity index (χ0v) is 15.5. The molecule has 0 radical (unpaired) electrons. The number of rotatable bonds is 11. The van der Waals surface area contributed by atoms with Crippen LogP contribution >= 0.6 is 0 Å². The Kier molecular flexibility index (Phi) is 11.3. The molecule has 2 heteroatoms. The lowest BCUT2D eigenvalue weighted by Crippen LogP contribution is -1.96. The standard InChI is InChI=1S/C22H32FN/c1-7-12-20(16-18(6)24)19(9-3)13-11-14-21(22(23)10-4)15-17(5)8-2/h9-11,14,16H,4-8,12-13,15,24H2,1-3H3/b14-11-,19-9-,20-16-,22-21-. The summed E-state index contributed by atoms with van der Waals surface area (Å²) in [6.45, 7) is 17.4. The van der Waals surface area contributed by atoms with Gasteiger partial charge < -0.3 is 5.73 Å². The summed E-state index contributed by atoms with van der Waals surface area (Å²) in [6, 6.07) is 0. The highest BCUT2D eigenvalue weighted by molar-refractivity contribution is 5.38. The molecule has 0 spiro atoms. The van der Waals surface area contributed by atoms with Crippen LogP contribution in [-0.4, -0.2) is 0 Å². The van der Waals surface area contributed by atoms with E-state index in [1.807, 2.05) is 32.1 Å². The Morgan fingerprint density at radius 1 is 1.17 bits per heavy atom. The summed E-state index contributed by atoms with van der Waals surface area (Å²) < 4.78 is 14.0. The van der Waals surface area contributed by atoms with E-state index in [0.29, 0.717) is 17.7 Å². The molecule has 24 heavy (non-hydrogen) atoms. The number of halogens is 1. The van der Waals surface area contributed by atoms with Gasteiger partial charge in [-0.05, 0) is 61.5 Å². The van der Waals surface area contributed by atoms with E-state index < -0.39 is 0 Å². The van der Waals surface area contributed by atoms with Crippen LogP contribution < -0.4 is 5.73 Å². The minimum Gasteiger partial charge on any atom is -0.399 e. The summed E-state index contributed by atoms with van der Waals surface area (Å²) in [7, 11) is 0. The van der Waals surface area contributed by atoms with Crippen molar-refractivity contribution >= 4 is 0 Å². The fourth-order valence-corrected chi connectivity index (χ4v) is 2.33. The third-order valence-corrected chi connectivity index (χ3v) is 3.72. The molecule has 0 atom stereocenters. The van der Waals surface area contributed by atoms with Gasteiger partial charge >= 0.3 is 0 Å². The predicted molar refractivity (Wildman–Crippen MR) is 106 cm³/mol. The van der Waals surface area contributed by atoms with Crippen molar-refractivity contribution in [2.45, 2.75) is 52.9 Å². The highest BCUT2D eigenvalue weighted by Crippen LogP contribution is 2.23. The average Bonchev–Trinajstić information content (AvgIpc) is 2.55. The lowest BCUT2D eigenvalue weighted by Gasteiger charge is -2.10. The Morgan fingerprint density at radius 2 is 1.83 bits per heavy atom. The Morgan fingerprint density at radius 3 is 2.29 bits per heavy atom. The van der Waals surface area contributed by atoms with E-state index in [2.05, 4.69) is 32.7 Å². The van der Waals surface area contributed by atoms with Gasteiger partial charge in [-0.1, -0.05) is 63.8 Å². The van der Waals surface area contributed by atoms with E-state index in [-0.39, 0.29) is 5.83 Å². The van der Waals surface area contributed by atoms with Gasteiger partial charge in [-0.2, -0.15) is 0 Å². The molecule has 0 aliphatic rings. The van der Waals surface area contributed by atoms with Crippen molar-refractivity contribution in [1.29, 1.82) is 0 Å². The average molecular weight is 330 g/mol. The van der Waals surface area contributed by atoms with E-state index in [9.17, 15) is 4.39 Å². The molecular weight excluding hydrogens is 297 g/mol. The largest absolute Gasteiger partial charge is 0.399 e. The van der Waals surface area contributed by atoms with E-state index >= 15 is 0 Å². The highest BCUT2D eigenvalue weighted by Gasteiger charge is 2.05. The first-order valence-electron chi connectivity index (χ1n) is 8.54. The van der Waals surface area contributed by atoms with Crippen LogP contribution in [0, 0.1) is 0 Å². The Balaban J connectivity index is 5.27. The molecule has 0 amide bonds. The second-order valence-electron chi connectivity index (χ2n) is 5.77. The maximum Gasteiger partial charge on any atom is 0.126 e. The van der Waals surface area contributed by atoms with Crippen LogP contribution in [0.15, 0.2) is 83.9 Å². The van der Waals surface area contributed by atoms with Gasteiger partial charge in [0.25, 0.3) is 0 Å². The summed E-state index contributed by atoms with van der Waals surface area (Å²) in [5, 5.41) is 0. The molecule has 0 unspecified atom stereocenters.